The molecule has 3 heterocycles. The molecular formula is C22H33N3O3S. The molecule has 0 aromatic carbocycles. The molecule has 0 spiro atoms. The van der Waals surface area contributed by atoms with Crippen LogP contribution in [0.5, 0.6) is 0 Å². The summed E-state index contributed by atoms with van der Waals surface area (Å²) in [4.78, 5) is 31.9. The van der Waals surface area contributed by atoms with Gasteiger partial charge >= 0.3 is 12.1 Å². The Balaban J connectivity index is 1.45. The van der Waals surface area contributed by atoms with E-state index in [9.17, 15) is 9.59 Å². The number of urea groups is 1. The Morgan fingerprint density at radius 3 is 2.38 bits per heavy atom. The molecule has 2 aliphatic heterocycles. The Labute approximate surface area is 177 Å². The van der Waals surface area contributed by atoms with Gasteiger partial charge < -0.3 is 19.4 Å². The second-order valence-electron chi connectivity index (χ2n) is 9.55. The average Bonchev–Trinajstić information content (AvgIpc) is 3.41. The van der Waals surface area contributed by atoms with Gasteiger partial charge in [-0.1, -0.05) is 12.8 Å². The maximum absolute atomic E-state index is 13.5. The minimum atomic E-state index is -0.481. The van der Waals surface area contributed by atoms with E-state index in [1.54, 1.807) is 16.2 Å². The number of hydrogen-bond donors (Lipinski definition) is 0. The Bertz CT molecular complexity index is 716. The molecule has 1 aromatic heterocycles. The molecule has 1 unspecified atom stereocenters. The molecule has 0 bridgehead atoms. The Morgan fingerprint density at radius 2 is 1.79 bits per heavy atom. The largest absolute Gasteiger partial charge is 0.444 e. The van der Waals surface area contributed by atoms with Crippen LogP contribution in [0.15, 0.2) is 16.8 Å². The molecule has 1 saturated carbocycles. The van der Waals surface area contributed by atoms with E-state index in [1.807, 2.05) is 20.8 Å². The first-order valence-electron chi connectivity index (χ1n) is 10.9. The van der Waals surface area contributed by atoms with Crippen LogP contribution in [0.2, 0.25) is 0 Å². The van der Waals surface area contributed by atoms with Crippen molar-refractivity contribution in [3.8, 4) is 0 Å². The molecule has 1 aliphatic carbocycles. The molecule has 6 nitrogen and oxygen atoms in total. The van der Waals surface area contributed by atoms with Gasteiger partial charge in [-0.05, 0) is 68.8 Å². The summed E-state index contributed by atoms with van der Waals surface area (Å²) in [5.41, 5.74) is 0.767. The Morgan fingerprint density at radius 1 is 1.10 bits per heavy atom. The van der Waals surface area contributed by atoms with Crippen molar-refractivity contribution in [2.24, 2.45) is 0 Å². The molecule has 4 rings (SSSR count). The van der Waals surface area contributed by atoms with Gasteiger partial charge in [0.15, 0.2) is 0 Å². The van der Waals surface area contributed by atoms with E-state index < -0.39 is 5.60 Å². The van der Waals surface area contributed by atoms with Crippen molar-refractivity contribution < 1.29 is 14.3 Å². The normalized spacial score (nSPS) is 24.6. The molecule has 3 amide bonds. The van der Waals surface area contributed by atoms with Gasteiger partial charge in [-0.3, -0.25) is 0 Å². The summed E-state index contributed by atoms with van der Waals surface area (Å²) in [5, 5.41) is 4.28. The monoisotopic (exact) mass is 419 g/mol. The number of carbonyl (C=O) groups is 2. The zero-order valence-corrected chi connectivity index (χ0v) is 18.6. The smallest absolute Gasteiger partial charge is 0.410 e. The number of hydrogen-bond acceptors (Lipinski definition) is 4. The fraction of sp³-hybridized carbons (Fsp3) is 0.727. The van der Waals surface area contributed by atoms with Crippen molar-refractivity contribution in [3.63, 3.8) is 0 Å². The van der Waals surface area contributed by atoms with E-state index in [1.165, 1.54) is 18.4 Å². The van der Waals surface area contributed by atoms with E-state index in [-0.39, 0.29) is 24.2 Å². The molecule has 3 aliphatic rings. The van der Waals surface area contributed by atoms with Gasteiger partial charge in [0.1, 0.15) is 5.60 Å². The van der Waals surface area contributed by atoms with Crippen molar-refractivity contribution in [2.75, 3.05) is 19.6 Å². The summed E-state index contributed by atoms with van der Waals surface area (Å²) in [6.07, 6.45) is 6.09. The molecule has 160 valence electrons. The number of piperidine rings is 1. The molecule has 29 heavy (non-hydrogen) atoms. The number of amides is 3. The first kappa shape index (κ1) is 20.5. The molecule has 0 N–H and O–H groups in total. The lowest BCUT2D eigenvalue weighted by molar-refractivity contribution is 0.0157. The number of nitrogens with zero attached hydrogens (tertiary/aromatic N) is 3. The Hall–Kier alpha value is -1.76. The zero-order chi connectivity index (χ0) is 20.6. The minimum absolute atomic E-state index is 0.132. The van der Waals surface area contributed by atoms with Gasteiger partial charge in [0, 0.05) is 31.7 Å². The predicted octanol–water partition coefficient (Wildman–Crippen LogP) is 4.87. The fourth-order valence-electron chi connectivity index (χ4n) is 4.95. The van der Waals surface area contributed by atoms with Crippen LogP contribution in [0.3, 0.4) is 0 Å². The molecule has 0 radical (unpaired) electrons. The second-order valence-corrected chi connectivity index (χ2v) is 10.3. The summed E-state index contributed by atoms with van der Waals surface area (Å²) in [6.45, 7) is 7.76. The summed E-state index contributed by atoms with van der Waals surface area (Å²) in [5.74, 6) is 0. The first-order valence-corrected chi connectivity index (χ1v) is 11.9. The van der Waals surface area contributed by atoms with Gasteiger partial charge in [-0.15, -0.1) is 0 Å². The highest BCUT2D eigenvalue weighted by molar-refractivity contribution is 7.08. The third kappa shape index (κ3) is 4.39. The maximum atomic E-state index is 13.5. The van der Waals surface area contributed by atoms with Gasteiger partial charge in [-0.2, -0.15) is 11.3 Å². The van der Waals surface area contributed by atoms with Gasteiger partial charge in [0.05, 0.1) is 6.04 Å². The highest BCUT2D eigenvalue weighted by Gasteiger charge is 2.45. The van der Waals surface area contributed by atoms with Crippen LogP contribution in [0, 0.1) is 0 Å². The van der Waals surface area contributed by atoms with E-state index in [0.29, 0.717) is 19.1 Å². The van der Waals surface area contributed by atoms with Crippen molar-refractivity contribution in [1.82, 2.24) is 14.7 Å². The molecule has 2 saturated heterocycles. The summed E-state index contributed by atoms with van der Waals surface area (Å²) >= 11 is 1.69. The number of carbonyl (C=O) groups excluding carboxylic acids is 2. The number of ether oxygens (including phenoxy) is 1. The quantitative estimate of drug-likeness (QED) is 0.702. The van der Waals surface area contributed by atoms with Crippen LogP contribution in [0.4, 0.5) is 9.59 Å². The molecule has 7 heteroatoms. The van der Waals surface area contributed by atoms with Gasteiger partial charge in [0.25, 0.3) is 0 Å². The van der Waals surface area contributed by atoms with Gasteiger partial charge in [0.2, 0.25) is 0 Å². The minimum Gasteiger partial charge on any atom is -0.444 e. The topological polar surface area (TPSA) is 53.1 Å². The van der Waals surface area contributed by atoms with Crippen LogP contribution in [-0.2, 0) is 4.74 Å². The summed E-state index contributed by atoms with van der Waals surface area (Å²) in [7, 11) is 0. The highest BCUT2D eigenvalue weighted by atomic mass is 32.1. The lowest BCUT2D eigenvalue weighted by Gasteiger charge is -2.39. The number of thiophene rings is 1. The van der Waals surface area contributed by atoms with E-state index in [0.717, 1.165) is 32.2 Å². The first-order chi connectivity index (χ1) is 13.8. The molecule has 3 fully saturated rings. The molecule has 1 atom stereocenters. The number of rotatable bonds is 3. The summed E-state index contributed by atoms with van der Waals surface area (Å²) < 4.78 is 5.52. The van der Waals surface area contributed by atoms with Crippen molar-refractivity contribution in [3.05, 3.63) is 22.4 Å². The Kier molecular flexibility index (Phi) is 5.78. The van der Waals surface area contributed by atoms with Crippen molar-refractivity contribution in [1.29, 1.82) is 0 Å². The fourth-order valence-corrected chi connectivity index (χ4v) is 5.66. The SMILES string of the molecule is CC(C)(C)OC(=O)N1CCC(N2C(=O)N(C3CCCC3)CC2c2ccsc2)CC1. The zero-order valence-electron chi connectivity index (χ0n) is 17.8. The third-order valence-electron chi connectivity index (χ3n) is 6.37. The second kappa shape index (κ2) is 8.17. The standard InChI is InChI=1S/C22H33N3O3S/c1-22(2,3)28-21(27)23-11-8-18(9-12-23)25-19(16-10-13-29-15-16)14-24(20(25)26)17-6-4-5-7-17/h10,13,15,17-19H,4-9,11-12,14H2,1-3H3. The highest BCUT2D eigenvalue weighted by Crippen LogP contribution is 2.39. The lowest BCUT2D eigenvalue weighted by atomic mass is 10.0. The summed E-state index contributed by atoms with van der Waals surface area (Å²) in [6, 6.07) is 3.06. The van der Waals surface area contributed by atoms with Crippen LogP contribution in [0.1, 0.15) is 70.9 Å². The van der Waals surface area contributed by atoms with Crippen molar-refractivity contribution in [2.45, 2.75) is 83.0 Å². The van der Waals surface area contributed by atoms with Crippen LogP contribution in [-0.4, -0.2) is 64.1 Å². The average molecular weight is 420 g/mol. The maximum Gasteiger partial charge on any atom is 0.410 e. The predicted molar refractivity (Wildman–Crippen MR) is 114 cm³/mol. The lowest BCUT2D eigenvalue weighted by Crippen LogP contribution is -2.50. The van der Waals surface area contributed by atoms with E-state index in [4.69, 9.17) is 4.74 Å². The van der Waals surface area contributed by atoms with E-state index >= 15 is 0 Å². The van der Waals surface area contributed by atoms with Gasteiger partial charge in [-0.25, -0.2) is 9.59 Å². The van der Waals surface area contributed by atoms with Crippen LogP contribution < -0.4 is 0 Å². The third-order valence-corrected chi connectivity index (χ3v) is 7.08. The molecule has 1 aromatic rings. The van der Waals surface area contributed by atoms with Crippen LogP contribution in [0.25, 0.3) is 0 Å². The van der Waals surface area contributed by atoms with Crippen molar-refractivity contribution >= 4 is 23.5 Å². The van der Waals surface area contributed by atoms with E-state index in [2.05, 4.69) is 26.6 Å². The van der Waals surface area contributed by atoms with Crippen LogP contribution >= 0.6 is 11.3 Å². The number of likely N-dealkylation sites (tertiary alicyclic amines) is 1. The molecular weight excluding hydrogens is 386 g/mol.